The number of amides is 1. The summed E-state index contributed by atoms with van der Waals surface area (Å²) < 4.78 is 71.7. The van der Waals surface area contributed by atoms with Crippen molar-refractivity contribution in [2.24, 2.45) is 17.3 Å². The highest BCUT2D eigenvalue weighted by atomic mass is 19.4. The molecule has 2 unspecified atom stereocenters. The van der Waals surface area contributed by atoms with Crippen molar-refractivity contribution < 1.29 is 46.5 Å². The van der Waals surface area contributed by atoms with Gasteiger partial charge in [0, 0.05) is 29.0 Å². The number of halogens is 5. The molecule has 2 saturated carbocycles. The molecule has 6 rings (SSSR count). The monoisotopic (exact) mass is 629 g/mol. The topological polar surface area (TPSA) is 104 Å². The summed E-state index contributed by atoms with van der Waals surface area (Å²) in [4.78, 5) is 36.3. The average molecular weight is 630 g/mol. The Labute approximate surface area is 256 Å². The number of carbonyl (C=O) groups is 3. The molecule has 5 atom stereocenters. The van der Waals surface area contributed by atoms with Gasteiger partial charge in [0.15, 0.2) is 5.78 Å². The minimum atomic E-state index is -5.93. The van der Waals surface area contributed by atoms with E-state index in [2.05, 4.69) is 5.32 Å². The van der Waals surface area contributed by atoms with Crippen LogP contribution in [-0.4, -0.2) is 45.6 Å². The first-order chi connectivity index (χ1) is 21.1. The first-order valence-electron chi connectivity index (χ1n) is 15.0. The highest BCUT2D eigenvalue weighted by Gasteiger charge is 2.79. The molecule has 4 aliphatic carbocycles. The van der Waals surface area contributed by atoms with Crippen LogP contribution in [0.2, 0.25) is 0 Å². The van der Waals surface area contributed by atoms with Crippen LogP contribution in [0.25, 0.3) is 0 Å². The Kier molecular flexibility index (Phi) is 7.34. The highest BCUT2D eigenvalue weighted by Crippen LogP contribution is 2.70. The number of ketones is 1. The first kappa shape index (κ1) is 31.1. The Morgan fingerprint density at radius 2 is 1.56 bits per heavy atom. The van der Waals surface area contributed by atoms with E-state index in [-0.39, 0.29) is 42.1 Å². The number of nitrogens with one attached hydrogen (secondary N) is 1. The Morgan fingerprint density at radius 3 is 2.18 bits per heavy atom. The van der Waals surface area contributed by atoms with E-state index in [1.807, 2.05) is 0 Å². The van der Waals surface area contributed by atoms with E-state index in [1.165, 1.54) is 31.2 Å². The number of alkyl halides is 5. The third-order valence-corrected chi connectivity index (χ3v) is 10.7. The van der Waals surface area contributed by atoms with Gasteiger partial charge in [-0.1, -0.05) is 24.6 Å². The lowest BCUT2D eigenvalue weighted by molar-refractivity contribution is -0.362. The molecule has 0 aromatic heterocycles. The second kappa shape index (κ2) is 10.6. The molecular formula is C34H32F5NO5. The molecule has 2 fully saturated rings. The molecule has 3 N–H and O–H groups in total. The van der Waals surface area contributed by atoms with Crippen LogP contribution in [0.1, 0.15) is 84.1 Å². The Bertz CT molecular complexity index is 1630. The maximum atomic E-state index is 15.2. The summed E-state index contributed by atoms with van der Waals surface area (Å²) in [5.41, 5.74) is -0.989. The van der Waals surface area contributed by atoms with Crippen molar-refractivity contribution >= 4 is 23.3 Å². The van der Waals surface area contributed by atoms with Crippen molar-refractivity contribution in [1.29, 1.82) is 0 Å². The van der Waals surface area contributed by atoms with E-state index in [1.54, 1.807) is 30.3 Å². The standard InChI is InChI=1S/C34H32F5NO5/c1-31-17-26(18-2-4-19(5-3-18)29(42)40-22-9-6-20(7-10-22)30(43)44)28-24-13-11-23(41)16-21(24)8-12-25(28)27(31)14-15-32(31,45)33(35,36)34(37,38)39/h2-7,9-10,16,25-27,45H,8,11-15,17H2,1H3,(H,40,42)(H,43,44)/t25?,26-,27?,31+,32-/m1/s1. The number of aromatic carboxylic acids is 1. The van der Waals surface area contributed by atoms with Gasteiger partial charge in [-0.25, -0.2) is 4.79 Å². The van der Waals surface area contributed by atoms with Gasteiger partial charge in [-0.2, -0.15) is 22.0 Å². The van der Waals surface area contributed by atoms with Crippen LogP contribution in [0.3, 0.4) is 0 Å². The summed E-state index contributed by atoms with van der Waals surface area (Å²) in [5.74, 6) is -8.47. The van der Waals surface area contributed by atoms with Gasteiger partial charge in [0.05, 0.1) is 5.56 Å². The van der Waals surface area contributed by atoms with Crippen LogP contribution >= 0.6 is 0 Å². The molecule has 0 bridgehead atoms. The number of fused-ring (bicyclic) bond motifs is 4. The normalized spacial score (nSPS) is 29.8. The van der Waals surface area contributed by atoms with E-state index in [0.717, 1.165) is 16.7 Å². The van der Waals surface area contributed by atoms with E-state index in [4.69, 9.17) is 5.11 Å². The van der Waals surface area contributed by atoms with Crippen LogP contribution in [0.4, 0.5) is 27.6 Å². The summed E-state index contributed by atoms with van der Waals surface area (Å²) in [6.45, 7) is 1.37. The van der Waals surface area contributed by atoms with Gasteiger partial charge < -0.3 is 15.5 Å². The Balaban J connectivity index is 1.38. The SMILES string of the molecule is C[C@]12C[C@H](c3ccc(C(=O)Nc4ccc(C(=O)O)cc4)cc3)C3=C4CCC(=O)C=C4CCC3C1CC[C@]2(O)C(F)(F)C(F)(F)F. The van der Waals surface area contributed by atoms with Gasteiger partial charge in [-0.3, -0.25) is 9.59 Å². The Hall–Kier alpha value is -3.86. The van der Waals surface area contributed by atoms with Crippen molar-refractivity contribution in [1.82, 2.24) is 0 Å². The number of benzene rings is 2. The molecule has 0 heterocycles. The molecule has 238 valence electrons. The van der Waals surface area contributed by atoms with E-state index in [9.17, 15) is 32.7 Å². The maximum Gasteiger partial charge on any atom is 0.456 e. The van der Waals surface area contributed by atoms with Crippen LogP contribution in [0, 0.1) is 17.3 Å². The molecule has 0 saturated heterocycles. The van der Waals surface area contributed by atoms with Gasteiger partial charge in [0.2, 0.25) is 0 Å². The smallest absolute Gasteiger partial charge is 0.456 e. The lowest BCUT2D eigenvalue weighted by atomic mass is 9.50. The summed E-state index contributed by atoms with van der Waals surface area (Å²) in [6, 6.07) is 12.0. The lowest BCUT2D eigenvalue weighted by Crippen LogP contribution is -2.65. The highest BCUT2D eigenvalue weighted by molar-refractivity contribution is 6.04. The summed E-state index contributed by atoms with van der Waals surface area (Å²) in [7, 11) is 0. The van der Waals surface area contributed by atoms with E-state index < -0.39 is 53.2 Å². The minimum absolute atomic E-state index is 0.00183. The average Bonchev–Trinajstić information content (AvgIpc) is 3.27. The fourth-order valence-electron chi connectivity index (χ4n) is 8.48. The second-order valence-corrected chi connectivity index (χ2v) is 12.9. The molecule has 1 amide bonds. The number of hydrogen-bond acceptors (Lipinski definition) is 4. The fraction of sp³-hybridized carbons (Fsp3) is 0.441. The third-order valence-electron chi connectivity index (χ3n) is 10.7. The van der Waals surface area contributed by atoms with Gasteiger partial charge >= 0.3 is 18.1 Å². The van der Waals surface area contributed by atoms with Crippen molar-refractivity contribution in [2.75, 3.05) is 5.32 Å². The number of anilines is 1. The molecule has 45 heavy (non-hydrogen) atoms. The van der Waals surface area contributed by atoms with Crippen molar-refractivity contribution in [3.8, 4) is 0 Å². The molecule has 0 spiro atoms. The molecule has 2 aromatic rings. The predicted molar refractivity (Wildman–Crippen MR) is 154 cm³/mol. The second-order valence-electron chi connectivity index (χ2n) is 12.9. The third kappa shape index (κ3) is 4.81. The molecule has 2 aromatic carbocycles. The molecule has 0 radical (unpaired) electrons. The van der Waals surface area contributed by atoms with Crippen molar-refractivity contribution in [3.05, 3.63) is 88.0 Å². The van der Waals surface area contributed by atoms with Crippen LogP contribution in [0.5, 0.6) is 0 Å². The summed E-state index contributed by atoms with van der Waals surface area (Å²) in [5, 5.41) is 23.2. The number of rotatable bonds is 5. The summed E-state index contributed by atoms with van der Waals surface area (Å²) in [6.07, 6.45) is -3.39. The number of aliphatic hydroxyl groups is 1. The van der Waals surface area contributed by atoms with E-state index in [0.29, 0.717) is 30.5 Å². The largest absolute Gasteiger partial charge is 0.478 e. The molecule has 0 aliphatic heterocycles. The van der Waals surface area contributed by atoms with Gasteiger partial charge in [0.1, 0.15) is 5.60 Å². The van der Waals surface area contributed by atoms with Crippen molar-refractivity contribution in [2.45, 2.75) is 75.5 Å². The van der Waals surface area contributed by atoms with Crippen LogP contribution in [-0.2, 0) is 4.79 Å². The van der Waals surface area contributed by atoms with Gasteiger partial charge in [0.25, 0.3) is 5.91 Å². The Morgan fingerprint density at radius 1 is 0.911 bits per heavy atom. The molecular weight excluding hydrogens is 597 g/mol. The fourth-order valence-corrected chi connectivity index (χ4v) is 8.48. The van der Waals surface area contributed by atoms with Crippen LogP contribution in [0.15, 0.2) is 71.3 Å². The predicted octanol–water partition coefficient (Wildman–Crippen LogP) is 7.47. The number of carboxylic acid groups (broad SMARTS) is 1. The number of hydrogen-bond donors (Lipinski definition) is 3. The lowest BCUT2D eigenvalue weighted by Gasteiger charge is -2.56. The maximum absolute atomic E-state index is 15.2. The zero-order chi connectivity index (χ0) is 32.5. The van der Waals surface area contributed by atoms with Crippen LogP contribution < -0.4 is 5.32 Å². The van der Waals surface area contributed by atoms with Gasteiger partial charge in [-0.05, 0) is 110 Å². The zero-order valence-electron chi connectivity index (χ0n) is 24.4. The number of carboxylic acids is 1. The van der Waals surface area contributed by atoms with Gasteiger partial charge in [-0.15, -0.1) is 0 Å². The number of carbonyl (C=O) groups excluding carboxylic acids is 2. The molecule has 4 aliphatic rings. The molecule has 11 heteroatoms. The molecule has 6 nitrogen and oxygen atoms in total. The number of allylic oxidation sites excluding steroid dienone is 4. The minimum Gasteiger partial charge on any atom is -0.478 e. The van der Waals surface area contributed by atoms with Crippen molar-refractivity contribution in [3.63, 3.8) is 0 Å². The quantitative estimate of drug-likeness (QED) is 0.298. The van der Waals surface area contributed by atoms with E-state index >= 15 is 8.78 Å². The zero-order valence-corrected chi connectivity index (χ0v) is 24.4. The summed E-state index contributed by atoms with van der Waals surface area (Å²) >= 11 is 0. The first-order valence-corrected chi connectivity index (χ1v) is 15.0.